The molecular formula is C63H88CoFeN14O14P+2. The first-order chi connectivity index (χ1) is 43.3. The van der Waals surface area contributed by atoms with Gasteiger partial charge in [0.2, 0.25) is 0 Å². The number of amides is 7. The molecule has 28 nitrogen and oxygen atoms in total. The maximum atomic E-state index is 14.5. The van der Waals surface area contributed by atoms with Crippen molar-refractivity contribution >= 4 is 77.3 Å². The van der Waals surface area contributed by atoms with Crippen LogP contribution in [0.25, 0.3) is 11.0 Å². The number of benzene rings is 1. The van der Waals surface area contributed by atoms with E-state index in [1.165, 1.54) is 17.8 Å². The van der Waals surface area contributed by atoms with Crippen molar-refractivity contribution in [3.63, 3.8) is 0 Å². The van der Waals surface area contributed by atoms with Crippen molar-refractivity contribution in [1.29, 1.82) is 5.26 Å². The number of carbonyl (C=O) groups is 7. The number of nitrogens with one attached hydrogen (secondary N) is 1. The number of imidazole rings is 1. The first kappa shape index (κ1) is 74.9. The van der Waals surface area contributed by atoms with Crippen LogP contribution in [0.4, 0.5) is 0 Å². The third kappa shape index (κ3) is 14.0. The molecule has 2 unspecified atom stereocenters. The van der Waals surface area contributed by atoms with E-state index in [0.29, 0.717) is 56.4 Å². The Morgan fingerprint density at radius 3 is 1.99 bits per heavy atom. The fraction of sp³-hybridized carbons (Fsp3) is 0.619. The Balaban J connectivity index is 0.0000125. The number of ether oxygens (including phenoxy) is 1. The van der Waals surface area contributed by atoms with Crippen molar-refractivity contribution in [2.45, 2.75) is 189 Å². The Labute approximate surface area is 563 Å². The summed E-state index contributed by atoms with van der Waals surface area (Å²) >= 11 is 0.0230. The molecule has 2 fully saturated rings. The number of aliphatic hydroxyl groups excluding tert-OH is 2. The van der Waals surface area contributed by atoms with Gasteiger partial charge in [0.05, 0.1) is 24.0 Å². The number of nitrogens with zero attached hydrogens (tertiary/aromatic N) is 7. The van der Waals surface area contributed by atoms with Gasteiger partial charge in [0, 0.05) is 0 Å². The van der Waals surface area contributed by atoms with Crippen molar-refractivity contribution in [3.05, 3.63) is 63.9 Å². The molecule has 31 heteroatoms. The molecule has 0 saturated carbocycles. The molecule has 1 aromatic carbocycles. The van der Waals surface area contributed by atoms with Crippen LogP contribution < -0.4 is 44.6 Å². The van der Waals surface area contributed by atoms with Crippen molar-refractivity contribution in [2.75, 3.05) is 13.2 Å². The zero-order valence-electron chi connectivity index (χ0n) is 54.8. The van der Waals surface area contributed by atoms with Crippen molar-refractivity contribution in [1.82, 2.24) is 18.8 Å². The van der Waals surface area contributed by atoms with E-state index < -0.39 is 143 Å². The Morgan fingerprint density at radius 1 is 0.819 bits per heavy atom. The summed E-state index contributed by atoms with van der Waals surface area (Å²) in [7, 11) is -5.35. The van der Waals surface area contributed by atoms with Crippen LogP contribution >= 0.6 is 7.82 Å². The number of primary amides is 6. The molecule has 2 aromatic rings. The van der Waals surface area contributed by atoms with Gasteiger partial charge in [0.1, 0.15) is 18.3 Å². The number of fused-ring (bicyclic) bond motifs is 7. The summed E-state index contributed by atoms with van der Waals surface area (Å²) in [4.78, 5) is 129. The predicted molar refractivity (Wildman–Crippen MR) is 336 cm³/mol. The minimum atomic E-state index is -5.35. The van der Waals surface area contributed by atoms with Gasteiger partial charge in [0.15, 0.2) is 6.23 Å². The average molecular weight is 1410 g/mol. The Bertz CT molecular complexity index is 3710. The molecule has 0 spiro atoms. The maximum absolute atomic E-state index is 14.5. The number of aromatic nitrogens is 2. The molecule has 8 rings (SSSR count). The summed E-state index contributed by atoms with van der Waals surface area (Å²) in [6.45, 7) is 18.8. The van der Waals surface area contributed by atoms with E-state index in [0.717, 1.165) is 11.1 Å². The number of hydrogen-bond acceptors (Lipinski definition) is 20. The van der Waals surface area contributed by atoms with Gasteiger partial charge in [-0.15, -0.1) is 0 Å². The molecule has 7 heterocycles. The second-order valence-corrected chi connectivity index (χ2v) is 29.5. The molecule has 514 valence electrons. The molecule has 2 saturated heterocycles. The number of aryl methyl sites for hydroxylation is 2. The molecule has 0 aliphatic carbocycles. The number of rotatable bonds is 27. The zero-order chi connectivity index (χ0) is 69.0. The first-order valence-electron chi connectivity index (χ1n) is 31.0. The van der Waals surface area contributed by atoms with E-state index in [1.807, 2.05) is 53.7 Å². The number of phosphoric ester groups is 1. The Kier molecular flexibility index (Phi) is 22.6. The second-order valence-electron chi connectivity index (χ2n) is 27.3. The number of nitrogens with two attached hydrogens (primary N) is 6. The number of allylic oxidation sites excluding steroid dienone is 6. The second kappa shape index (κ2) is 28.3. The van der Waals surface area contributed by atoms with E-state index in [4.69, 9.17) is 63.2 Å². The van der Waals surface area contributed by atoms with Crippen molar-refractivity contribution in [2.24, 2.45) is 94.7 Å². The standard InChI is InChI=1S/C62H90N13O14P.CN.Co.Fe/c1-29-20-39-40(21-30(29)2)75(28-70-39)57-52(84)53(41(27-76)87-57)89-90(85,86)88-31(3)26-69-49(83)18-19-59(8)37(22-46(66)80)56-62(11)61(10,25-48(68)82)36(14-17-45(65)79)51(74-62)33(5)55-60(9,24-47(67)81)34(12-15-43(63)77)38(71-55)23-42-58(6,7)35(13-16-44(64)78)50(72-42)32(4)54(59)73-56;1-2;;/h20-21,23,28,31,34-37,41,52-53,56-57,76,84H,12-19,22,24-27H2,1-11H3,(H15,63,64,65,66,67,68,69,71,72,73,74,77,78,79,80,81,82,83,85,86);;;/q;;2*+2/p-2/t31?,34-,35-,36-,37+,41-,52-,53-,56-,57+,59-,60+,61+,62+;;;/m1.../s1. The smallest absolute Gasteiger partial charge is 2.00 e. The summed E-state index contributed by atoms with van der Waals surface area (Å²) in [5, 5.41) is 37.9. The average Bonchev–Trinajstić information content (AvgIpc) is 1.51. The summed E-state index contributed by atoms with van der Waals surface area (Å²) in [5.74, 6) is -7.88. The van der Waals surface area contributed by atoms with Gasteiger partial charge in [-0.1, -0.05) is 0 Å². The van der Waals surface area contributed by atoms with Gasteiger partial charge in [-0.25, -0.2) is 4.98 Å². The van der Waals surface area contributed by atoms with E-state index in [1.54, 1.807) is 37.7 Å². The molecule has 15 atom stereocenters. The van der Waals surface area contributed by atoms with E-state index in [-0.39, 0.29) is 109 Å². The van der Waals surface area contributed by atoms with Crippen LogP contribution in [0.1, 0.15) is 150 Å². The molecule has 6 aliphatic rings. The monoisotopic (exact) mass is 1410 g/mol. The van der Waals surface area contributed by atoms with Crippen LogP contribution in [0.15, 0.2) is 67.8 Å². The normalized spacial score (nSPS) is 33.2. The third-order valence-corrected chi connectivity index (χ3v) is 23.0. The van der Waals surface area contributed by atoms with Crippen LogP contribution in [0.2, 0.25) is 0 Å². The minimum absolute atomic E-state index is 0. The Morgan fingerprint density at radius 2 is 1.41 bits per heavy atom. The van der Waals surface area contributed by atoms with Crippen LogP contribution in [-0.4, -0.2) is 131 Å². The number of carbonyl (C=O) groups excluding carboxylic acids is 7. The van der Waals surface area contributed by atoms with Gasteiger partial charge < -0.3 is 28.9 Å². The summed E-state index contributed by atoms with van der Waals surface area (Å²) in [5.41, 5.74) is 36.3. The van der Waals surface area contributed by atoms with Crippen LogP contribution in [0.5, 0.6) is 0 Å². The number of nitriles is 1. The molecule has 1 aromatic heterocycles. The van der Waals surface area contributed by atoms with E-state index >= 15 is 0 Å². The molecule has 7 amide bonds. The van der Waals surface area contributed by atoms with Gasteiger partial charge in [-0.05, 0) is 37.1 Å². The Hall–Kier alpha value is -6.48. The van der Waals surface area contributed by atoms with Gasteiger partial charge >= 0.3 is 434 Å². The molecule has 0 radical (unpaired) electrons. The number of phosphoric acid groups is 1. The number of aliphatic hydroxyl groups is 2. The van der Waals surface area contributed by atoms with Gasteiger partial charge in [-0.3, -0.25) is 4.57 Å². The third-order valence-electron chi connectivity index (χ3n) is 20.8. The minimum Gasteiger partial charge on any atom is 2.00 e. The van der Waals surface area contributed by atoms with E-state index in [9.17, 15) is 58.5 Å². The van der Waals surface area contributed by atoms with Crippen molar-refractivity contribution < 1.29 is 99.0 Å². The molecule has 15 N–H and O–H groups in total. The summed E-state index contributed by atoms with van der Waals surface area (Å²) in [6.07, 6.45) is -5.38. The fourth-order valence-corrected chi connectivity index (χ4v) is 18.0. The molecular weight excluding hydrogens is 1320 g/mol. The predicted octanol–water partition coefficient (Wildman–Crippen LogP) is 2.72. The number of hydrogen-bond donors (Lipinski definition) is 9. The first-order valence-corrected chi connectivity index (χ1v) is 33.5. The molecule has 94 heavy (non-hydrogen) atoms. The quantitative estimate of drug-likeness (QED) is 0.0459. The van der Waals surface area contributed by atoms with Crippen LogP contribution in [0, 0.1) is 69.4 Å². The topological polar surface area (TPSA) is 478 Å². The van der Waals surface area contributed by atoms with E-state index in [2.05, 4.69) is 15.3 Å². The summed E-state index contributed by atoms with van der Waals surface area (Å²) < 4.78 is 33.7. The van der Waals surface area contributed by atoms with Crippen LogP contribution in [0.3, 0.4) is 0 Å². The molecule has 6 aliphatic heterocycles. The molecule has 8 bridgehead atoms. The van der Waals surface area contributed by atoms with Gasteiger partial charge in [0.25, 0.3) is 7.82 Å². The van der Waals surface area contributed by atoms with Crippen LogP contribution in [-0.2, 0) is 83.9 Å². The van der Waals surface area contributed by atoms with Crippen molar-refractivity contribution in [3.8, 4) is 5.00 Å². The summed E-state index contributed by atoms with van der Waals surface area (Å²) in [6, 6.07) is 2.56. The zero-order valence-corrected chi connectivity index (χ0v) is 57.8. The van der Waals surface area contributed by atoms with Gasteiger partial charge in [-0.2, -0.15) is 0 Å². The number of aliphatic imine (C=N–C) groups is 3. The SMILES string of the molecule is C/C1=C2N=C(/C=C3N=C(/C(C)=C4/[C@@H](CCC(N)=O)[C@](C)(CC(N)=O)[C@](C)([C@@H]5N=C1[C@](C)(CCC(=O)NCC(C)OP(=O)([O-])O[C@H]1[C@@H](O)[C@@H](n6cnc7cc(C)c(C)cc76)O[C@@H]1CO)[C@H]5CC(N)=O)[N]4[Co+][C]#N)[C@@](C)(CC(N)=O)[C@@H]\3CCC(N)=O)C(C)(C)[C@@H]/2CCC(N)=O.[Fe+2]. The fourth-order valence-electron chi connectivity index (χ4n) is 15.7.